The van der Waals surface area contributed by atoms with Crippen LogP contribution in [0.25, 0.3) is 0 Å². The first-order valence-electron chi connectivity index (χ1n) is 7.75. The minimum Gasteiger partial charge on any atom is -0.350 e. The van der Waals surface area contributed by atoms with Crippen molar-refractivity contribution in [1.29, 1.82) is 0 Å². The van der Waals surface area contributed by atoms with Crippen LogP contribution in [0.4, 0.5) is 4.79 Å². The Hall–Kier alpha value is -1.59. The van der Waals surface area contributed by atoms with Gasteiger partial charge < -0.3 is 10.6 Å². The lowest BCUT2D eigenvalue weighted by atomic mass is 9.82. The number of amides is 4. The van der Waals surface area contributed by atoms with Crippen LogP contribution in [0.15, 0.2) is 0 Å². The molecule has 2 aliphatic rings. The average molecular weight is 295 g/mol. The third-order valence-electron chi connectivity index (χ3n) is 4.62. The van der Waals surface area contributed by atoms with Gasteiger partial charge >= 0.3 is 6.03 Å². The van der Waals surface area contributed by atoms with Gasteiger partial charge in [-0.1, -0.05) is 26.2 Å². The van der Waals surface area contributed by atoms with E-state index >= 15 is 0 Å². The van der Waals surface area contributed by atoms with Gasteiger partial charge in [-0.3, -0.25) is 14.5 Å². The Morgan fingerprint density at radius 2 is 1.90 bits per heavy atom. The summed E-state index contributed by atoms with van der Waals surface area (Å²) in [5.41, 5.74) is -1.09. The Kier molecular flexibility index (Phi) is 4.25. The molecule has 1 saturated carbocycles. The standard InChI is InChI=1S/C15H25N3O3/c1-4-14(2,3)16-11(19)10-18-12(20)15(17-13(18)21)8-6-5-7-9-15/h4-10H2,1-3H3,(H,16,19)(H,17,21). The van der Waals surface area contributed by atoms with E-state index < -0.39 is 11.6 Å². The van der Waals surface area contributed by atoms with Gasteiger partial charge in [-0.25, -0.2) is 4.79 Å². The molecule has 1 aliphatic carbocycles. The van der Waals surface area contributed by atoms with Crippen LogP contribution < -0.4 is 10.6 Å². The molecule has 1 saturated heterocycles. The van der Waals surface area contributed by atoms with Gasteiger partial charge in [0.15, 0.2) is 0 Å². The van der Waals surface area contributed by atoms with Crippen molar-refractivity contribution in [1.82, 2.24) is 15.5 Å². The van der Waals surface area contributed by atoms with Crippen molar-refractivity contribution in [3.05, 3.63) is 0 Å². The smallest absolute Gasteiger partial charge is 0.325 e. The van der Waals surface area contributed by atoms with Crippen LogP contribution in [-0.2, 0) is 9.59 Å². The summed E-state index contributed by atoms with van der Waals surface area (Å²) in [5.74, 6) is -0.533. The lowest BCUT2D eigenvalue weighted by Gasteiger charge is -2.30. The Balaban J connectivity index is 2.02. The summed E-state index contributed by atoms with van der Waals surface area (Å²) in [5, 5.41) is 5.66. The fourth-order valence-corrected chi connectivity index (χ4v) is 2.96. The van der Waals surface area contributed by atoms with E-state index in [9.17, 15) is 14.4 Å². The topological polar surface area (TPSA) is 78.5 Å². The molecule has 0 bridgehead atoms. The van der Waals surface area contributed by atoms with Gasteiger partial charge in [-0.15, -0.1) is 0 Å². The molecule has 1 spiro atoms. The van der Waals surface area contributed by atoms with Crippen molar-refractivity contribution in [3.8, 4) is 0 Å². The van der Waals surface area contributed by atoms with Crippen molar-refractivity contribution in [2.75, 3.05) is 6.54 Å². The second-order valence-corrected chi connectivity index (χ2v) is 6.75. The Bertz CT molecular complexity index is 453. The molecule has 2 rings (SSSR count). The summed E-state index contributed by atoms with van der Waals surface area (Å²) in [6.07, 6.45) is 5.11. The number of carbonyl (C=O) groups excluding carboxylic acids is 3. The fraction of sp³-hybridized carbons (Fsp3) is 0.800. The molecule has 6 heteroatoms. The predicted molar refractivity (Wildman–Crippen MR) is 78.6 cm³/mol. The van der Waals surface area contributed by atoms with Crippen LogP contribution in [0.1, 0.15) is 59.3 Å². The number of hydrogen-bond acceptors (Lipinski definition) is 3. The maximum absolute atomic E-state index is 12.5. The van der Waals surface area contributed by atoms with Crippen LogP contribution in [0.2, 0.25) is 0 Å². The van der Waals surface area contributed by atoms with Crippen molar-refractivity contribution in [2.24, 2.45) is 0 Å². The van der Waals surface area contributed by atoms with Crippen molar-refractivity contribution >= 4 is 17.8 Å². The van der Waals surface area contributed by atoms with Crippen LogP contribution in [-0.4, -0.2) is 40.4 Å². The maximum atomic E-state index is 12.5. The number of nitrogens with zero attached hydrogens (tertiary/aromatic N) is 1. The van der Waals surface area contributed by atoms with E-state index in [4.69, 9.17) is 0 Å². The van der Waals surface area contributed by atoms with Gasteiger partial charge in [0.1, 0.15) is 12.1 Å². The molecule has 0 aromatic carbocycles. The first-order chi connectivity index (χ1) is 9.80. The van der Waals surface area contributed by atoms with E-state index in [1.54, 1.807) is 0 Å². The first kappa shape index (κ1) is 15.8. The van der Waals surface area contributed by atoms with E-state index in [0.717, 1.165) is 30.6 Å². The minimum absolute atomic E-state index is 0.199. The van der Waals surface area contributed by atoms with Crippen LogP contribution in [0.3, 0.4) is 0 Å². The molecule has 21 heavy (non-hydrogen) atoms. The highest BCUT2D eigenvalue weighted by atomic mass is 16.2. The molecule has 2 fully saturated rings. The lowest BCUT2D eigenvalue weighted by molar-refractivity contribution is -0.136. The Morgan fingerprint density at radius 3 is 2.48 bits per heavy atom. The van der Waals surface area contributed by atoms with Crippen molar-refractivity contribution in [3.63, 3.8) is 0 Å². The number of urea groups is 1. The van der Waals surface area contributed by atoms with Gasteiger partial charge in [-0.05, 0) is 33.1 Å². The quantitative estimate of drug-likeness (QED) is 0.772. The van der Waals surface area contributed by atoms with Gasteiger partial charge in [0.2, 0.25) is 5.91 Å². The lowest BCUT2D eigenvalue weighted by Crippen LogP contribution is -2.50. The zero-order valence-corrected chi connectivity index (χ0v) is 13.1. The zero-order chi connectivity index (χ0) is 15.7. The normalized spacial score (nSPS) is 21.6. The molecule has 1 heterocycles. The molecule has 118 valence electrons. The summed E-state index contributed by atoms with van der Waals surface area (Å²) in [6, 6.07) is -0.439. The largest absolute Gasteiger partial charge is 0.350 e. The highest BCUT2D eigenvalue weighted by molar-refractivity contribution is 6.09. The highest BCUT2D eigenvalue weighted by Crippen LogP contribution is 2.33. The zero-order valence-electron chi connectivity index (χ0n) is 13.1. The van der Waals surface area contributed by atoms with Crippen molar-refractivity contribution < 1.29 is 14.4 Å². The Morgan fingerprint density at radius 1 is 1.29 bits per heavy atom. The van der Waals surface area contributed by atoms with E-state index in [2.05, 4.69) is 10.6 Å². The third-order valence-corrected chi connectivity index (χ3v) is 4.62. The molecular weight excluding hydrogens is 270 g/mol. The van der Waals surface area contributed by atoms with Crippen LogP contribution in [0.5, 0.6) is 0 Å². The van der Waals surface area contributed by atoms with Gasteiger partial charge in [-0.2, -0.15) is 0 Å². The van der Waals surface area contributed by atoms with Crippen LogP contribution in [0, 0.1) is 0 Å². The average Bonchev–Trinajstić information content (AvgIpc) is 2.64. The monoisotopic (exact) mass is 295 g/mol. The van der Waals surface area contributed by atoms with E-state index in [1.165, 1.54) is 0 Å². The number of rotatable bonds is 4. The number of nitrogens with one attached hydrogen (secondary N) is 2. The molecular formula is C15H25N3O3. The van der Waals surface area contributed by atoms with E-state index in [1.807, 2.05) is 20.8 Å². The molecule has 0 aromatic heterocycles. The maximum Gasteiger partial charge on any atom is 0.325 e. The molecule has 6 nitrogen and oxygen atoms in total. The highest BCUT2D eigenvalue weighted by Gasteiger charge is 2.51. The van der Waals surface area contributed by atoms with Crippen LogP contribution >= 0.6 is 0 Å². The molecule has 0 unspecified atom stereocenters. The van der Waals surface area contributed by atoms with Crippen molar-refractivity contribution in [2.45, 2.75) is 70.4 Å². The molecule has 4 amide bonds. The fourth-order valence-electron chi connectivity index (χ4n) is 2.96. The first-order valence-corrected chi connectivity index (χ1v) is 7.75. The SMILES string of the molecule is CCC(C)(C)NC(=O)CN1C(=O)NC2(CCCCC2)C1=O. The van der Waals surface area contributed by atoms with Gasteiger partial charge in [0, 0.05) is 5.54 Å². The second-order valence-electron chi connectivity index (χ2n) is 6.75. The summed E-state index contributed by atoms with van der Waals surface area (Å²) in [6.45, 7) is 5.61. The molecule has 2 N–H and O–H groups in total. The van der Waals surface area contributed by atoms with Gasteiger partial charge in [0.25, 0.3) is 5.91 Å². The Labute approximate surface area is 125 Å². The third kappa shape index (κ3) is 3.19. The predicted octanol–water partition coefficient (Wildman–Crippen LogP) is 1.55. The second kappa shape index (κ2) is 5.66. The number of carbonyl (C=O) groups is 3. The molecule has 1 aliphatic heterocycles. The summed E-state index contributed by atoms with van der Waals surface area (Å²) < 4.78 is 0. The minimum atomic E-state index is -0.754. The van der Waals surface area contributed by atoms with Gasteiger partial charge in [0.05, 0.1) is 0 Å². The summed E-state index contributed by atoms with van der Waals surface area (Å²) in [4.78, 5) is 37.7. The summed E-state index contributed by atoms with van der Waals surface area (Å²) in [7, 11) is 0. The van der Waals surface area contributed by atoms with E-state index in [-0.39, 0.29) is 23.9 Å². The number of imide groups is 1. The molecule has 0 radical (unpaired) electrons. The molecule has 0 aromatic rings. The summed E-state index contributed by atoms with van der Waals surface area (Å²) >= 11 is 0. The number of hydrogen-bond donors (Lipinski definition) is 2. The molecule has 0 atom stereocenters. The van der Waals surface area contributed by atoms with E-state index in [0.29, 0.717) is 12.8 Å².